The van der Waals surface area contributed by atoms with Gasteiger partial charge in [-0.15, -0.1) is 0 Å². The number of anilines is 2. The fourth-order valence-corrected chi connectivity index (χ4v) is 3.13. The molecule has 1 unspecified atom stereocenters. The number of carbonyl (C=O) groups is 1. The van der Waals surface area contributed by atoms with E-state index in [0.717, 1.165) is 42.0 Å². The maximum atomic E-state index is 12.2. The van der Waals surface area contributed by atoms with Crippen LogP contribution >= 0.6 is 0 Å². The Hall–Kier alpha value is -3.00. The molecule has 4 rings (SSSR count). The number of rotatable bonds is 6. The molecule has 1 aliphatic heterocycles. The van der Waals surface area contributed by atoms with E-state index < -0.39 is 0 Å². The molecule has 140 valence electrons. The van der Waals surface area contributed by atoms with Gasteiger partial charge in [0.25, 0.3) is 11.7 Å². The molecule has 1 fully saturated rings. The number of nitrogens with one attached hydrogen (secondary N) is 2. The summed E-state index contributed by atoms with van der Waals surface area (Å²) in [6, 6.07) is 9.76. The van der Waals surface area contributed by atoms with Crippen molar-refractivity contribution in [2.24, 2.45) is 0 Å². The van der Waals surface area contributed by atoms with E-state index in [4.69, 9.17) is 4.74 Å². The summed E-state index contributed by atoms with van der Waals surface area (Å²) in [6.45, 7) is 3.30. The molecular weight excluding hydrogens is 344 g/mol. The summed E-state index contributed by atoms with van der Waals surface area (Å²) in [6.07, 6.45) is 3.70. The molecule has 3 heterocycles. The van der Waals surface area contributed by atoms with Crippen LogP contribution in [0.2, 0.25) is 0 Å². The summed E-state index contributed by atoms with van der Waals surface area (Å²) < 4.78 is 7.11. The summed E-state index contributed by atoms with van der Waals surface area (Å²) in [5.41, 5.74) is 2.77. The van der Waals surface area contributed by atoms with Gasteiger partial charge in [0.2, 0.25) is 0 Å². The molecule has 2 N–H and O–H groups in total. The van der Waals surface area contributed by atoms with Gasteiger partial charge in [-0.05, 0) is 37.0 Å². The number of ether oxygens (including phenoxy) is 1. The molecule has 1 aliphatic rings. The molecule has 0 spiro atoms. The molecule has 1 amide bonds. The zero-order valence-electron chi connectivity index (χ0n) is 15.2. The minimum atomic E-state index is -0.336. The SMILES string of the molecule is CCc1cc(NCc2cccc(NC(=O)C3CCCO3)c2)n2ncnc2n1. The van der Waals surface area contributed by atoms with Crippen LogP contribution in [0.3, 0.4) is 0 Å². The molecule has 3 aromatic rings. The van der Waals surface area contributed by atoms with E-state index in [2.05, 4.69) is 32.6 Å². The summed E-state index contributed by atoms with van der Waals surface area (Å²) in [5.74, 6) is 1.33. The van der Waals surface area contributed by atoms with E-state index in [1.807, 2.05) is 30.3 Å². The number of benzene rings is 1. The number of hydrogen-bond acceptors (Lipinski definition) is 6. The smallest absolute Gasteiger partial charge is 0.254 e. The van der Waals surface area contributed by atoms with Crippen molar-refractivity contribution in [3.63, 3.8) is 0 Å². The Morgan fingerprint density at radius 2 is 2.30 bits per heavy atom. The van der Waals surface area contributed by atoms with E-state index in [0.29, 0.717) is 18.9 Å². The highest BCUT2D eigenvalue weighted by atomic mass is 16.5. The first-order chi connectivity index (χ1) is 13.2. The second-order valence-corrected chi connectivity index (χ2v) is 6.50. The number of carbonyl (C=O) groups excluding carboxylic acids is 1. The van der Waals surface area contributed by atoms with Crippen molar-refractivity contribution in [1.29, 1.82) is 0 Å². The summed E-state index contributed by atoms with van der Waals surface area (Å²) in [7, 11) is 0. The molecule has 0 radical (unpaired) electrons. The van der Waals surface area contributed by atoms with Gasteiger partial charge in [-0.1, -0.05) is 19.1 Å². The minimum Gasteiger partial charge on any atom is -0.368 e. The number of fused-ring (bicyclic) bond motifs is 1. The maximum absolute atomic E-state index is 12.2. The topological polar surface area (TPSA) is 93.4 Å². The van der Waals surface area contributed by atoms with Gasteiger partial charge in [0, 0.05) is 30.6 Å². The zero-order valence-corrected chi connectivity index (χ0v) is 15.2. The van der Waals surface area contributed by atoms with Crippen molar-refractivity contribution in [2.45, 2.75) is 38.8 Å². The quantitative estimate of drug-likeness (QED) is 0.696. The van der Waals surface area contributed by atoms with Gasteiger partial charge >= 0.3 is 0 Å². The van der Waals surface area contributed by atoms with Crippen LogP contribution in [-0.4, -0.2) is 38.2 Å². The first-order valence-electron chi connectivity index (χ1n) is 9.18. The monoisotopic (exact) mass is 366 g/mol. The number of hydrogen-bond donors (Lipinski definition) is 2. The highest BCUT2D eigenvalue weighted by Crippen LogP contribution is 2.18. The predicted molar refractivity (Wildman–Crippen MR) is 102 cm³/mol. The van der Waals surface area contributed by atoms with Crippen LogP contribution in [-0.2, 0) is 22.5 Å². The maximum Gasteiger partial charge on any atom is 0.254 e. The fourth-order valence-electron chi connectivity index (χ4n) is 3.13. The van der Waals surface area contributed by atoms with E-state index >= 15 is 0 Å². The molecule has 0 aliphatic carbocycles. The average Bonchev–Trinajstić information content (AvgIpc) is 3.38. The van der Waals surface area contributed by atoms with Crippen LogP contribution in [0.25, 0.3) is 5.78 Å². The van der Waals surface area contributed by atoms with Gasteiger partial charge < -0.3 is 15.4 Å². The van der Waals surface area contributed by atoms with E-state index in [9.17, 15) is 4.79 Å². The first kappa shape index (κ1) is 17.4. The third kappa shape index (κ3) is 3.90. The third-order valence-electron chi connectivity index (χ3n) is 4.56. The summed E-state index contributed by atoms with van der Waals surface area (Å²) in [4.78, 5) is 20.8. The third-order valence-corrected chi connectivity index (χ3v) is 4.56. The number of aromatic nitrogens is 4. The largest absolute Gasteiger partial charge is 0.368 e. The lowest BCUT2D eigenvalue weighted by molar-refractivity contribution is -0.124. The van der Waals surface area contributed by atoms with Gasteiger partial charge in [0.1, 0.15) is 18.2 Å². The Morgan fingerprint density at radius 3 is 3.11 bits per heavy atom. The number of aryl methyl sites for hydroxylation is 1. The predicted octanol–water partition coefficient (Wildman–Crippen LogP) is 2.42. The Balaban J connectivity index is 1.46. The Labute approximate surface area is 157 Å². The molecule has 1 saturated heterocycles. The first-order valence-corrected chi connectivity index (χ1v) is 9.18. The summed E-state index contributed by atoms with van der Waals surface area (Å²) >= 11 is 0. The highest BCUT2D eigenvalue weighted by molar-refractivity contribution is 5.94. The lowest BCUT2D eigenvalue weighted by Crippen LogP contribution is -2.26. The molecule has 1 aromatic carbocycles. The molecule has 0 saturated carbocycles. The van der Waals surface area contributed by atoms with Crippen molar-refractivity contribution in [3.05, 3.63) is 47.9 Å². The van der Waals surface area contributed by atoms with Crippen LogP contribution in [0.4, 0.5) is 11.5 Å². The summed E-state index contributed by atoms with van der Waals surface area (Å²) in [5, 5.41) is 10.5. The Kier molecular flexibility index (Phi) is 4.97. The van der Waals surface area contributed by atoms with Gasteiger partial charge in [-0.25, -0.2) is 4.98 Å². The molecular formula is C19H22N6O2. The molecule has 27 heavy (non-hydrogen) atoms. The number of nitrogens with zero attached hydrogens (tertiary/aromatic N) is 4. The molecule has 0 bridgehead atoms. The van der Waals surface area contributed by atoms with Crippen molar-refractivity contribution >= 4 is 23.2 Å². The molecule has 8 heteroatoms. The average molecular weight is 366 g/mol. The fraction of sp³-hybridized carbons (Fsp3) is 0.368. The van der Waals surface area contributed by atoms with Crippen molar-refractivity contribution in [2.75, 3.05) is 17.2 Å². The minimum absolute atomic E-state index is 0.0799. The van der Waals surface area contributed by atoms with Crippen molar-refractivity contribution in [1.82, 2.24) is 19.6 Å². The van der Waals surface area contributed by atoms with Crippen LogP contribution in [0.5, 0.6) is 0 Å². The molecule has 1 atom stereocenters. The second kappa shape index (κ2) is 7.71. The Morgan fingerprint density at radius 1 is 1.37 bits per heavy atom. The lowest BCUT2D eigenvalue weighted by atomic mass is 10.2. The van der Waals surface area contributed by atoms with E-state index in [-0.39, 0.29) is 12.0 Å². The zero-order chi connectivity index (χ0) is 18.6. The number of amides is 1. The van der Waals surface area contributed by atoms with E-state index in [1.165, 1.54) is 6.33 Å². The van der Waals surface area contributed by atoms with Crippen LogP contribution in [0.15, 0.2) is 36.7 Å². The van der Waals surface area contributed by atoms with Crippen LogP contribution in [0.1, 0.15) is 31.0 Å². The van der Waals surface area contributed by atoms with Crippen LogP contribution in [0, 0.1) is 0 Å². The van der Waals surface area contributed by atoms with Gasteiger partial charge in [-0.2, -0.15) is 14.6 Å². The molecule has 8 nitrogen and oxygen atoms in total. The van der Waals surface area contributed by atoms with Gasteiger partial charge in [-0.3, -0.25) is 4.79 Å². The Bertz CT molecular complexity index is 948. The lowest BCUT2D eigenvalue weighted by Gasteiger charge is -2.12. The van der Waals surface area contributed by atoms with Crippen LogP contribution < -0.4 is 10.6 Å². The van der Waals surface area contributed by atoms with Crippen molar-refractivity contribution in [3.8, 4) is 0 Å². The van der Waals surface area contributed by atoms with Crippen molar-refractivity contribution < 1.29 is 9.53 Å². The van der Waals surface area contributed by atoms with Gasteiger partial charge in [0.15, 0.2) is 0 Å². The second-order valence-electron chi connectivity index (χ2n) is 6.50. The molecule has 2 aromatic heterocycles. The standard InChI is InChI=1S/C19H22N6O2/c1-2-14-10-17(25-19(24-14)21-12-22-25)20-11-13-5-3-6-15(9-13)23-18(26)16-7-4-8-27-16/h3,5-6,9-10,12,16,20H,2,4,7-8,11H2,1H3,(H,23,26). The van der Waals surface area contributed by atoms with Gasteiger partial charge in [0.05, 0.1) is 0 Å². The van der Waals surface area contributed by atoms with E-state index in [1.54, 1.807) is 4.52 Å². The normalized spacial score (nSPS) is 16.6. The highest BCUT2D eigenvalue weighted by Gasteiger charge is 2.23.